The number of carbonyl (C=O) groups excluding carboxylic acids is 1. The summed E-state index contributed by atoms with van der Waals surface area (Å²) < 4.78 is 0. The van der Waals surface area contributed by atoms with E-state index in [1.807, 2.05) is 6.92 Å². The molecule has 0 aromatic rings. The van der Waals surface area contributed by atoms with E-state index in [1.54, 1.807) is 0 Å². The number of Topliss-reactive ketones (excluding diaryl/α,β-unsaturated/α-hetero) is 1. The molecule has 0 amide bonds. The zero-order valence-corrected chi connectivity index (χ0v) is 17.3. The molecule has 0 radical (unpaired) electrons. The van der Waals surface area contributed by atoms with Crippen LogP contribution in [0.3, 0.4) is 0 Å². The van der Waals surface area contributed by atoms with Gasteiger partial charge in [0, 0.05) is 23.2 Å². The molecule has 4 rings (SSSR count). The molecular formula is C23H34O5. The molecule has 0 saturated heterocycles. The minimum absolute atomic E-state index is 0.00133. The van der Waals surface area contributed by atoms with Crippen LogP contribution >= 0.6 is 0 Å². The lowest BCUT2D eigenvalue weighted by Gasteiger charge is -2.62. The Hall–Kier alpha value is -1.20. The first-order chi connectivity index (χ1) is 13.1. The Morgan fingerprint density at radius 1 is 1.25 bits per heavy atom. The van der Waals surface area contributed by atoms with Gasteiger partial charge in [-0.2, -0.15) is 0 Å². The largest absolute Gasteiger partial charge is 0.481 e. The van der Waals surface area contributed by atoms with Gasteiger partial charge in [0.2, 0.25) is 0 Å². The van der Waals surface area contributed by atoms with Crippen LogP contribution in [0.5, 0.6) is 0 Å². The quantitative estimate of drug-likeness (QED) is 0.643. The highest BCUT2D eigenvalue weighted by atomic mass is 16.4. The number of aliphatic hydroxyl groups excluding tert-OH is 1. The van der Waals surface area contributed by atoms with Crippen molar-refractivity contribution in [2.75, 3.05) is 6.61 Å². The Labute approximate surface area is 167 Å². The van der Waals surface area contributed by atoms with Crippen molar-refractivity contribution in [3.05, 3.63) is 11.6 Å². The topological polar surface area (TPSA) is 94.8 Å². The number of allylic oxidation sites excluding steroid dienone is 1. The molecule has 4 aliphatic carbocycles. The van der Waals surface area contributed by atoms with E-state index in [-0.39, 0.29) is 30.3 Å². The Morgan fingerprint density at radius 2 is 1.96 bits per heavy atom. The van der Waals surface area contributed by atoms with Crippen molar-refractivity contribution in [3.8, 4) is 0 Å². The average Bonchev–Trinajstić information content (AvgIpc) is 2.93. The van der Waals surface area contributed by atoms with Gasteiger partial charge in [0.05, 0.1) is 18.6 Å². The van der Waals surface area contributed by atoms with Crippen LogP contribution in [0.4, 0.5) is 0 Å². The van der Waals surface area contributed by atoms with E-state index in [0.29, 0.717) is 36.4 Å². The van der Waals surface area contributed by atoms with E-state index in [9.17, 15) is 24.9 Å². The van der Waals surface area contributed by atoms with Gasteiger partial charge in [-0.05, 0) is 55.8 Å². The molecule has 3 fully saturated rings. The lowest BCUT2D eigenvalue weighted by Crippen LogP contribution is -2.61. The number of rotatable bonds is 3. The highest BCUT2D eigenvalue weighted by Crippen LogP contribution is 2.67. The average molecular weight is 391 g/mol. The molecule has 0 aromatic carbocycles. The molecule has 0 heterocycles. The zero-order chi connectivity index (χ0) is 20.5. The standard InChI is InChI=1S/C23H34O5/c1-13-10-22(28,11-20(26)27)14(2)16-5-4-15-17-6-7-19(25)21(17,3)9-8-18(15)23(13,16)12-24/h5,13-15,17-18,24,28H,4,6-12H2,1-3H3,(H,26,27)/t13-,14-,15-,17-,18-,21-,22+,23-/m0/s1. The van der Waals surface area contributed by atoms with Crippen molar-refractivity contribution in [1.82, 2.24) is 0 Å². The molecule has 0 spiro atoms. The van der Waals surface area contributed by atoms with Crippen molar-refractivity contribution >= 4 is 11.8 Å². The number of carboxylic acids is 1. The van der Waals surface area contributed by atoms with Crippen molar-refractivity contribution in [2.45, 2.75) is 71.3 Å². The molecule has 28 heavy (non-hydrogen) atoms. The second kappa shape index (κ2) is 6.40. The van der Waals surface area contributed by atoms with Crippen LogP contribution in [0.15, 0.2) is 11.6 Å². The number of carboxylic acid groups (broad SMARTS) is 1. The normalized spacial score (nSPS) is 50.4. The third-order valence-corrected chi connectivity index (χ3v) is 9.49. The highest BCUT2D eigenvalue weighted by Gasteiger charge is 2.64. The molecule has 156 valence electrons. The molecule has 0 bridgehead atoms. The van der Waals surface area contributed by atoms with Crippen molar-refractivity contribution in [3.63, 3.8) is 0 Å². The summed E-state index contributed by atoms with van der Waals surface area (Å²) in [5, 5.41) is 31.2. The lowest BCUT2D eigenvalue weighted by molar-refractivity contribution is -0.158. The molecule has 5 nitrogen and oxygen atoms in total. The Balaban J connectivity index is 1.76. The SMILES string of the molecule is C[C@H]1C2=CC[C@@H]3[C@H](CC[C@]4(C)C(=O)CC[C@@H]34)[C@@]2(CO)[C@@H](C)C[C@@]1(O)CC(=O)O. The van der Waals surface area contributed by atoms with Gasteiger partial charge in [0.1, 0.15) is 5.78 Å². The number of fused-ring (bicyclic) bond motifs is 5. The van der Waals surface area contributed by atoms with Gasteiger partial charge in [0.25, 0.3) is 0 Å². The van der Waals surface area contributed by atoms with Gasteiger partial charge in [-0.15, -0.1) is 0 Å². The number of hydrogen-bond acceptors (Lipinski definition) is 4. The first kappa shape index (κ1) is 20.1. The van der Waals surface area contributed by atoms with Gasteiger partial charge in [0.15, 0.2) is 0 Å². The lowest BCUT2D eigenvalue weighted by atomic mass is 9.42. The van der Waals surface area contributed by atoms with Crippen LogP contribution in [0.1, 0.15) is 65.7 Å². The number of aliphatic carboxylic acids is 1. The summed E-state index contributed by atoms with van der Waals surface area (Å²) in [7, 11) is 0. The van der Waals surface area contributed by atoms with Crippen LogP contribution in [0.25, 0.3) is 0 Å². The van der Waals surface area contributed by atoms with Gasteiger partial charge in [-0.1, -0.05) is 32.4 Å². The summed E-state index contributed by atoms with van der Waals surface area (Å²) in [4.78, 5) is 24.0. The molecule has 0 unspecified atom stereocenters. The fourth-order valence-corrected chi connectivity index (χ4v) is 7.95. The van der Waals surface area contributed by atoms with Crippen LogP contribution < -0.4 is 0 Å². The van der Waals surface area contributed by atoms with E-state index >= 15 is 0 Å². The maximum absolute atomic E-state index is 12.6. The Kier molecular flexibility index (Phi) is 4.59. The summed E-state index contributed by atoms with van der Waals surface area (Å²) in [5.74, 6) is 0.205. The van der Waals surface area contributed by atoms with Gasteiger partial charge in [-0.3, -0.25) is 9.59 Å². The van der Waals surface area contributed by atoms with Crippen molar-refractivity contribution in [2.24, 2.45) is 40.4 Å². The van der Waals surface area contributed by atoms with Gasteiger partial charge >= 0.3 is 5.97 Å². The van der Waals surface area contributed by atoms with E-state index in [4.69, 9.17) is 0 Å². The molecule has 4 aliphatic rings. The first-order valence-corrected chi connectivity index (χ1v) is 10.9. The molecule has 5 heteroatoms. The van der Waals surface area contributed by atoms with Gasteiger partial charge in [-0.25, -0.2) is 0 Å². The zero-order valence-electron chi connectivity index (χ0n) is 17.3. The number of hydrogen-bond donors (Lipinski definition) is 3. The fraction of sp³-hybridized carbons (Fsp3) is 0.826. The maximum atomic E-state index is 12.6. The van der Waals surface area contributed by atoms with Crippen LogP contribution in [-0.4, -0.2) is 39.3 Å². The van der Waals surface area contributed by atoms with E-state index < -0.39 is 17.0 Å². The minimum Gasteiger partial charge on any atom is -0.481 e. The van der Waals surface area contributed by atoms with E-state index in [0.717, 1.165) is 31.3 Å². The minimum atomic E-state index is -1.27. The fourth-order valence-electron chi connectivity index (χ4n) is 7.95. The summed E-state index contributed by atoms with van der Waals surface area (Å²) in [5.41, 5.74) is -0.821. The summed E-state index contributed by atoms with van der Waals surface area (Å²) in [6.45, 7) is 6.18. The third kappa shape index (κ3) is 2.44. The smallest absolute Gasteiger partial charge is 0.306 e. The summed E-state index contributed by atoms with van der Waals surface area (Å²) in [6.07, 6.45) is 6.63. The first-order valence-electron chi connectivity index (χ1n) is 10.9. The molecule has 0 aromatic heterocycles. The molecule has 8 atom stereocenters. The number of ketones is 1. The van der Waals surface area contributed by atoms with Crippen LogP contribution in [0.2, 0.25) is 0 Å². The molecule has 0 aliphatic heterocycles. The number of aliphatic hydroxyl groups is 2. The monoisotopic (exact) mass is 390 g/mol. The Bertz CT molecular complexity index is 729. The third-order valence-electron chi connectivity index (χ3n) is 9.49. The van der Waals surface area contributed by atoms with Crippen LogP contribution in [0, 0.1) is 40.4 Å². The molecule has 3 saturated carbocycles. The summed E-state index contributed by atoms with van der Waals surface area (Å²) >= 11 is 0. The summed E-state index contributed by atoms with van der Waals surface area (Å²) in [6, 6.07) is 0. The van der Waals surface area contributed by atoms with Crippen LogP contribution in [-0.2, 0) is 9.59 Å². The predicted molar refractivity (Wildman–Crippen MR) is 104 cm³/mol. The molecular weight excluding hydrogens is 356 g/mol. The second-order valence-corrected chi connectivity index (χ2v) is 10.4. The predicted octanol–water partition coefficient (Wildman–Crippen LogP) is 3.19. The van der Waals surface area contributed by atoms with Gasteiger partial charge < -0.3 is 15.3 Å². The Morgan fingerprint density at radius 3 is 2.61 bits per heavy atom. The number of carbonyl (C=O) groups is 2. The van der Waals surface area contributed by atoms with Crippen molar-refractivity contribution < 1.29 is 24.9 Å². The van der Waals surface area contributed by atoms with Crippen molar-refractivity contribution in [1.29, 1.82) is 0 Å². The maximum Gasteiger partial charge on any atom is 0.306 e. The second-order valence-electron chi connectivity index (χ2n) is 10.4. The molecule has 3 N–H and O–H groups in total. The highest BCUT2D eigenvalue weighted by molar-refractivity contribution is 5.87. The van der Waals surface area contributed by atoms with E-state index in [2.05, 4.69) is 19.9 Å². The van der Waals surface area contributed by atoms with E-state index in [1.165, 1.54) is 0 Å².